The molecule has 1 unspecified atom stereocenters. The summed E-state index contributed by atoms with van der Waals surface area (Å²) in [4.78, 5) is 42.1. The highest BCUT2D eigenvalue weighted by molar-refractivity contribution is 6.27. The average molecular weight is 488 g/mol. The van der Waals surface area contributed by atoms with E-state index >= 15 is 4.39 Å². The third kappa shape index (κ3) is 3.70. The first-order valence-corrected chi connectivity index (χ1v) is 10.4. The number of anilines is 1. The molecule has 1 saturated heterocycles. The van der Waals surface area contributed by atoms with Crippen molar-refractivity contribution in [1.82, 2.24) is 9.55 Å². The molecule has 1 fully saturated rings. The summed E-state index contributed by atoms with van der Waals surface area (Å²) in [5, 5.41) is 18.9. The Balaban J connectivity index is 1.85. The number of carbonyl (C=O) groups is 2. The summed E-state index contributed by atoms with van der Waals surface area (Å²) >= 11 is 6.12. The number of ether oxygens (including phenoxy) is 1. The van der Waals surface area contributed by atoms with Gasteiger partial charge in [-0.1, -0.05) is 72.3 Å². The van der Waals surface area contributed by atoms with E-state index in [1.165, 1.54) is 48.5 Å². The van der Waals surface area contributed by atoms with Gasteiger partial charge in [0.2, 0.25) is 11.4 Å². The molecule has 176 valence electrons. The van der Waals surface area contributed by atoms with Gasteiger partial charge in [0, 0.05) is 17.3 Å². The molecule has 3 aromatic rings. The molecule has 0 bridgehead atoms. The molecule has 1 aliphatic rings. The molecular weight excluding hydrogens is 469 g/mol. The average Bonchev–Trinajstić information content (AvgIpc) is 3.05. The second-order valence-corrected chi connectivity index (χ2v) is 8.26. The molecule has 2 aromatic carbocycles. The Morgan fingerprint density at radius 1 is 1.09 bits per heavy atom. The van der Waals surface area contributed by atoms with Crippen LogP contribution in [-0.4, -0.2) is 54.3 Å². The van der Waals surface area contributed by atoms with Gasteiger partial charge in [0.15, 0.2) is 12.0 Å². The molecule has 4 rings (SSSR count). The first kappa shape index (κ1) is 23.7. The quantitative estimate of drug-likeness (QED) is 0.350. The lowest BCUT2D eigenvalue weighted by atomic mass is 9.80. The molecule has 0 aliphatic carbocycles. The third-order valence-corrected chi connectivity index (χ3v) is 6.08. The van der Waals surface area contributed by atoms with E-state index in [1.54, 1.807) is 12.1 Å². The molecule has 0 spiro atoms. The number of carbonyl (C=O) groups excluding carboxylic acids is 2. The number of aliphatic hydroxyl groups is 2. The normalized spacial score (nSPS) is 27.3. The summed E-state index contributed by atoms with van der Waals surface area (Å²) in [6, 6.07) is 15.7. The molecule has 34 heavy (non-hydrogen) atoms. The predicted molar refractivity (Wildman–Crippen MR) is 119 cm³/mol. The summed E-state index contributed by atoms with van der Waals surface area (Å²) in [7, 11) is 0. The van der Waals surface area contributed by atoms with Crippen molar-refractivity contribution in [3.63, 3.8) is 0 Å². The summed E-state index contributed by atoms with van der Waals surface area (Å²) in [5.41, 5.74) is 0.946. The molecular formula is C23H19ClFN3O6. The molecule has 0 saturated carbocycles. The Kier molecular flexibility index (Phi) is 6.09. The van der Waals surface area contributed by atoms with Crippen LogP contribution in [0, 0.1) is 0 Å². The summed E-state index contributed by atoms with van der Waals surface area (Å²) in [6.45, 7) is 0. The minimum absolute atomic E-state index is 0.0157. The largest absolute Gasteiger partial charge is 0.383 e. The van der Waals surface area contributed by atoms with E-state index in [4.69, 9.17) is 22.1 Å². The molecule has 1 aromatic heterocycles. The van der Waals surface area contributed by atoms with Gasteiger partial charge >= 0.3 is 5.69 Å². The summed E-state index contributed by atoms with van der Waals surface area (Å²) < 4.78 is 22.3. The highest BCUT2D eigenvalue weighted by Crippen LogP contribution is 2.53. The van der Waals surface area contributed by atoms with Crippen molar-refractivity contribution >= 4 is 29.0 Å². The van der Waals surface area contributed by atoms with Crippen LogP contribution >= 0.6 is 11.6 Å². The number of alkyl halides is 2. The van der Waals surface area contributed by atoms with Gasteiger partial charge in [-0.3, -0.25) is 14.2 Å². The lowest BCUT2D eigenvalue weighted by Gasteiger charge is -2.34. The topological polar surface area (TPSA) is 145 Å². The van der Waals surface area contributed by atoms with E-state index in [2.05, 4.69) is 4.98 Å². The fraction of sp³-hybridized carbons (Fsp3) is 0.217. The number of hydrogen-bond acceptors (Lipinski definition) is 8. The standard InChI is InChI=1S/C23H19ClFN3O6/c24-23(25)20(28-12-11-15(26)27-21(28)32)34-19(17(30)16(29)13-7-3-1-4-8-13)22(23,33)18(31)14-9-5-2-6-10-14/h1-12,17,19-20,30,33H,(H2,26,27,32)/t17?,19-,20-,22-,23-/m1/s1. The van der Waals surface area contributed by atoms with Gasteiger partial charge in [-0.15, -0.1) is 0 Å². The second-order valence-electron chi connectivity index (χ2n) is 7.71. The zero-order valence-electron chi connectivity index (χ0n) is 17.4. The van der Waals surface area contributed by atoms with Gasteiger partial charge in [0.1, 0.15) is 18.0 Å². The number of nitrogen functional groups attached to an aromatic ring is 1. The predicted octanol–water partition coefficient (Wildman–Crippen LogP) is 1.49. The summed E-state index contributed by atoms with van der Waals surface area (Å²) in [6.07, 6.45) is -5.55. The minimum Gasteiger partial charge on any atom is -0.383 e. The fourth-order valence-electron chi connectivity index (χ4n) is 3.85. The van der Waals surface area contributed by atoms with E-state index in [-0.39, 0.29) is 16.9 Å². The maximum atomic E-state index is 16.2. The molecule has 5 atom stereocenters. The number of ketones is 2. The number of benzene rings is 2. The second kappa shape index (κ2) is 8.73. The van der Waals surface area contributed by atoms with Crippen molar-refractivity contribution in [3.8, 4) is 0 Å². The van der Waals surface area contributed by atoms with E-state index in [1.807, 2.05) is 0 Å². The zero-order valence-corrected chi connectivity index (χ0v) is 18.2. The number of nitrogens with zero attached hydrogens (tertiary/aromatic N) is 2. The lowest BCUT2D eigenvalue weighted by Crippen LogP contribution is -2.62. The first-order valence-electron chi connectivity index (χ1n) is 10.1. The molecule has 2 heterocycles. The van der Waals surface area contributed by atoms with Crippen LogP contribution in [0.25, 0.3) is 0 Å². The van der Waals surface area contributed by atoms with E-state index < -0.39 is 46.4 Å². The Morgan fingerprint density at radius 3 is 2.21 bits per heavy atom. The van der Waals surface area contributed by atoms with Crippen LogP contribution in [0.3, 0.4) is 0 Å². The van der Waals surface area contributed by atoms with Crippen LogP contribution in [0.1, 0.15) is 26.9 Å². The molecule has 9 nitrogen and oxygen atoms in total. The molecule has 11 heteroatoms. The van der Waals surface area contributed by atoms with Gasteiger partial charge in [-0.2, -0.15) is 4.98 Å². The smallest absolute Gasteiger partial charge is 0.351 e. The van der Waals surface area contributed by atoms with Gasteiger partial charge in [-0.25, -0.2) is 9.18 Å². The van der Waals surface area contributed by atoms with Crippen LogP contribution in [-0.2, 0) is 4.74 Å². The van der Waals surface area contributed by atoms with Crippen molar-refractivity contribution in [2.75, 3.05) is 5.73 Å². The van der Waals surface area contributed by atoms with Crippen LogP contribution in [0.15, 0.2) is 77.7 Å². The highest BCUT2D eigenvalue weighted by atomic mass is 35.5. The van der Waals surface area contributed by atoms with Crippen LogP contribution in [0.5, 0.6) is 0 Å². The Morgan fingerprint density at radius 2 is 1.65 bits per heavy atom. The first-order chi connectivity index (χ1) is 16.1. The Bertz CT molecular complexity index is 1290. The van der Waals surface area contributed by atoms with Crippen LogP contribution < -0.4 is 11.4 Å². The van der Waals surface area contributed by atoms with Crippen LogP contribution in [0.4, 0.5) is 10.2 Å². The SMILES string of the molecule is Nc1ccn([C@@H]2O[C@H](C(O)C(=O)c3ccccc3)[C@](O)(C(=O)c3ccccc3)[C@@]2(F)Cl)c(=O)n1. The molecule has 1 aliphatic heterocycles. The maximum absolute atomic E-state index is 16.2. The highest BCUT2D eigenvalue weighted by Gasteiger charge is 2.73. The lowest BCUT2D eigenvalue weighted by molar-refractivity contribution is -0.0921. The van der Waals surface area contributed by atoms with Crippen molar-refractivity contribution in [1.29, 1.82) is 0 Å². The number of Topliss-reactive ketones (excluding diaryl/α,β-unsaturated/α-hetero) is 2. The van der Waals surface area contributed by atoms with Gasteiger partial charge in [-0.05, 0) is 6.07 Å². The fourth-order valence-corrected chi connectivity index (χ4v) is 4.20. The maximum Gasteiger partial charge on any atom is 0.351 e. The zero-order chi connectivity index (χ0) is 24.7. The Labute approximate surface area is 197 Å². The van der Waals surface area contributed by atoms with Crippen molar-refractivity contribution in [2.45, 2.75) is 29.2 Å². The van der Waals surface area contributed by atoms with Crippen molar-refractivity contribution in [3.05, 3.63) is 94.5 Å². The van der Waals surface area contributed by atoms with E-state index in [0.717, 1.165) is 12.3 Å². The van der Waals surface area contributed by atoms with E-state index in [0.29, 0.717) is 4.57 Å². The summed E-state index contributed by atoms with van der Waals surface area (Å²) in [5.74, 6) is -2.39. The minimum atomic E-state index is -3.51. The van der Waals surface area contributed by atoms with E-state index in [9.17, 15) is 24.6 Å². The van der Waals surface area contributed by atoms with Crippen molar-refractivity contribution in [2.24, 2.45) is 0 Å². The Hall–Kier alpha value is -3.44. The molecule has 0 amide bonds. The van der Waals surface area contributed by atoms with Crippen LogP contribution in [0.2, 0.25) is 0 Å². The number of aliphatic hydroxyl groups excluding tert-OH is 1. The molecule has 4 N–H and O–H groups in total. The third-order valence-electron chi connectivity index (χ3n) is 5.61. The number of halogens is 2. The number of hydrogen-bond donors (Lipinski definition) is 3. The van der Waals surface area contributed by atoms with Crippen molar-refractivity contribution < 1.29 is 28.9 Å². The monoisotopic (exact) mass is 487 g/mol. The number of nitrogens with two attached hydrogens (primary N) is 1. The van der Waals surface area contributed by atoms with Gasteiger partial charge in [0.05, 0.1) is 0 Å². The number of aromatic nitrogens is 2. The molecule has 0 radical (unpaired) electrons. The van der Waals surface area contributed by atoms with Gasteiger partial charge in [0.25, 0.3) is 5.13 Å². The van der Waals surface area contributed by atoms with Gasteiger partial charge < -0.3 is 20.7 Å². The number of rotatable bonds is 6.